The lowest BCUT2D eigenvalue weighted by Gasteiger charge is -2.19. The molecule has 0 aliphatic heterocycles. The second-order valence-corrected chi connectivity index (χ2v) is 4.19. The van der Waals surface area contributed by atoms with E-state index in [0.29, 0.717) is 23.7 Å². The highest BCUT2D eigenvalue weighted by Crippen LogP contribution is 2.31. The fourth-order valence-electron chi connectivity index (χ4n) is 1.44. The Hall–Kier alpha value is -1.56. The first kappa shape index (κ1) is 13.5. The number of ether oxygens (including phenoxy) is 1. The van der Waals surface area contributed by atoms with Gasteiger partial charge in [-0.2, -0.15) is 0 Å². The Morgan fingerprint density at radius 2 is 2.12 bits per heavy atom. The van der Waals surface area contributed by atoms with Crippen molar-refractivity contribution in [1.29, 1.82) is 0 Å². The lowest BCUT2D eigenvalue weighted by molar-refractivity contribution is 0.0696. The van der Waals surface area contributed by atoms with Crippen molar-refractivity contribution in [3.8, 4) is 0 Å². The number of carboxylic acid groups (broad SMARTS) is 1. The van der Waals surface area contributed by atoms with Crippen molar-refractivity contribution >= 4 is 28.4 Å². The van der Waals surface area contributed by atoms with Gasteiger partial charge < -0.3 is 9.84 Å². The molecule has 0 aromatic carbocycles. The molecule has 0 bridgehead atoms. The van der Waals surface area contributed by atoms with Gasteiger partial charge >= 0.3 is 12.1 Å². The summed E-state index contributed by atoms with van der Waals surface area (Å²) in [5.74, 6) is -0.982. The van der Waals surface area contributed by atoms with E-state index in [0.717, 1.165) is 0 Å². The molecule has 0 fully saturated rings. The van der Waals surface area contributed by atoms with E-state index in [1.165, 1.54) is 21.6 Å². The molecule has 1 aromatic heterocycles. The molecular formula is C11H15NO4S. The summed E-state index contributed by atoms with van der Waals surface area (Å²) in [7, 11) is 0. The molecule has 1 N–H and O–H groups in total. The maximum atomic E-state index is 11.7. The molecule has 0 unspecified atom stereocenters. The van der Waals surface area contributed by atoms with Crippen LogP contribution < -0.4 is 4.90 Å². The molecule has 0 radical (unpaired) electrons. The minimum absolute atomic E-state index is 0.229. The molecule has 0 saturated heterocycles. The molecule has 1 amide bonds. The van der Waals surface area contributed by atoms with Crippen molar-refractivity contribution in [2.45, 2.75) is 20.8 Å². The summed E-state index contributed by atoms with van der Waals surface area (Å²) in [4.78, 5) is 24.0. The van der Waals surface area contributed by atoms with Crippen molar-refractivity contribution in [3.05, 3.63) is 16.5 Å². The smallest absolute Gasteiger partial charge is 0.414 e. The fraction of sp³-hybridized carbons (Fsp3) is 0.455. The van der Waals surface area contributed by atoms with Gasteiger partial charge in [0.2, 0.25) is 0 Å². The monoisotopic (exact) mass is 257 g/mol. The predicted molar refractivity (Wildman–Crippen MR) is 66.1 cm³/mol. The molecule has 6 heteroatoms. The van der Waals surface area contributed by atoms with Gasteiger partial charge in [0.25, 0.3) is 0 Å². The number of nitrogens with zero attached hydrogens (tertiary/aromatic N) is 1. The number of aromatic carboxylic acids is 1. The second-order valence-electron chi connectivity index (χ2n) is 3.33. The van der Waals surface area contributed by atoms with E-state index in [1.807, 2.05) is 6.92 Å². The third-order valence-corrected chi connectivity index (χ3v) is 3.40. The Kier molecular flexibility index (Phi) is 4.51. The van der Waals surface area contributed by atoms with Crippen molar-refractivity contribution in [2.75, 3.05) is 18.1 Å². The van der Waals surface area contributed by atoms with Crippen LogP contribution >= 0.6 is 11.3 Å². The van der Waals surface area contributed by atoms with Gasteiger partial charge in [-0.25, -0.2) is 9.59 Å². The Bertz CT molecular complexity index is 427. The summed E-state index contributed by atoms with van der Waals surface area (Å²) in [5, 5.41) is 11.1. The van der Waals surface area contributed by atoms with E-state index in [1.54, 1.807) is 13.8 Å². The Labute approximate surface area is 104 Å². The number of carbonyl (C=O) groups is 2. The van der Waals surface area contributed by atoms with Crippen LogP contribution in [-0.2, 0) is 4.74 Å². The zero-order valence-corrected chi connectivity index (χ0v) is 10.8. The van der Waals surface area contributed by atoms with Gasteiger partial charge in [0, 0.05) is 11.9 Å². The molecule has 0 spiro atoms. The molecular weight excluding hydrogens is 242 g/mol. The molecule has 1 rings (SSSR count). The van der Waals surface area contributed by atoms with Crippen LogP contribution in [0, 0.1) is 6.92 Å². The topological polar surface area (TPSA) is 66.8 Å². The first-order chi connectivity index (χ1) is 8.02. The van der Waals surface area contributed by atoms with E-state index in [-0.39, 0.29) is 5.56 Å². The van der Waals surface area contributed by atoms with E-state index in [9.17, 15) is 9.59 Å². The summed E-state index contributed by atoms with van der Waals surface area (Å²) < 4.78 is 4.92. The van der Waals surface area contributed by atoms with E-state index >= 15 is 0 Å². The minimum atomic E-state index is -0.982. The van der Waals surface area contributed by atoms with Crippen molar-refractivity contribution < 1.29 is 19.4 Å². The third kappa shape index (κ3) is 2.76. The maximum Gasteiger partial charge on any atom is 0.414 e. The SMILES string of the molecule is CCOC(=O)N(CC)c1scc(C(=O)O)c1C. The van der Waals surface area contributed by atoms with Crippen molar-refractivity contribution in [2.24, 2.45) is 0 Å². The summed E-state index contributed by atoms with van der Waals surface area (Å²) in [5.41, 5.74) is 0.824. The summed E-state index contributed by atoms with van der Waals surface area (Å²) in [6.45, 7) is 5.98. The molecule has 94 valence electrons. The average Bonchev–Trinajstić information content (AvgIpc) is 2.62. The number of amides is 1. The largest absolute Gasteiger partial charge is 0.478 e. The Balaban J connectivity index is 3.05. The van der Waals surface area contributed by atoms with Gasteiger partial charge in [0.05, 0.1) is 12.2 Å². The number of anilines is 1. The molecule has 5 nitrogen and oxygen atoms in total. The molecule has 0 saturated carbocycles. The number of hydrogen-bond acceptors (Lipinski definition) is 4. The van der Waals surface area contributed by atoms with Gasteiger partial charge in [0.15, 0.2) is 0 Å². The summed E-state index contributed by atoms with van der Waals surface area (Å²) in [6, 6.07) is 0. The number of rotatable bonds is 4. The van der Waals surface area contributed by atoms with Gasteiger partial charge in [-0.3, -0.25) is 4.90 Å². The second kappa shape index (κ2) is 5.67. The van der Waals surface area contributed by atoms with E-state index in [4.69, 9.17) is 9.84 Å². The molecule has 0 aliphatic rings. The van der Waals surface area contributed by atoms with Gasteiger partial charge in [-0.05, 0) is 26.3 Å². The Morgan fingerprint density at radius 3 is 2.53 bits per heavy atom. The standard InChI is InChI=1S/C11H15NO4S/c1-4-12(11(15)16-5-2)9-7(3)8(6-17-9)10(13)14/h6H,4-5H2,1-3H3,(H,13,14). The van der Waals surface area contributed by atoms with Gasteiger partial charge in [0.1, 0.15) is 5.00 Å². The highest BCUT2D eigenvalue weighted by Gasteiger charge is 2.22. The summed E-state index contributed by atoms with van der Waals surface area (Å²) >= 11 is 1.24. The highest BCUT2D eigenvalue weighted by atomic mass is 32.1. The normalized spacial score (nSPS) is 10.1. The van der Waals surface area contributed by atoms with E-state index in [2.05, 4.69) is 0 Å². The van der Waals surface area contributed by atoms with Crippen LogP contribution in [0.1, 0.15) is 29.8 Å². The van der Waals surface area contributed by atoms with Gasteiger partial charge in [-0.1, -0.05) is 0 Å². The number of thiophene rings is 1. The van der Waals surface area contributed by atoms with Crippen LogP contribution in [-0.4, -0.2) is 30.3 Å². The quantitative estimate of drug-likeness (QED) is 0.900. The third-order valence-electron chi connectivity index (χ3n) is 2.29. The van der Waals surface area contributed by atoms with Crippen molar-refractivity contribution in [1.82, 2.24) is 0 Å². The first-order valence-corrected chi connectivity index (χ1v) is 6.16. The van der Waals surface area contributed by atoms with Crippen LogP contribution in [0.3, 0.4) is 0 Å². The number of carbonyl (C=O) groups excluding carboxylic acids is 1. The highest BCUT2D eigenvalue weighted by molar-refractivity contribution is 7.14. The first-order valence-electron chi connectivity index (χ1n) is 5.28. The van der Waals surface area contributed by atoms with Crippen LogP contribution in [0.4, 0.5) is 9.80 Å². The molecule has 1 heterocycles. The zero-order valence-electron chi connectivity index (χ0n) is 10.0. The summed E-state index contributed by atoms with van der Waals surface area (Å²) in [6.07, 6.45) is -0.447. The lowest BCUT2D eigenvalue weighted by atomic mass is 10.2. The number of carboxylic acids is 1. The molecule has 0 aliphatic carbocycles. The Morgan fingerprint density at radius 1 is 1.47 bits per heavy atom. The zero-order chi connectivity index (χ0) is 13.0. The predicted octanol–water partition coefficient (Wildman–Crippen LogP) is 2.74. The van der Waals surface area contributed by atoms with Crippen molar-refractivity contribution in [3.63, 3.8) is 0 Å². The lowest BCUT2D eigenvalue weighted by Crippen LogP contribution is -2.31. The van der Waals surface area contributed by atoms with Crippen LogP contribution in [0.25, 0.3) is 0 Å². The molecule has 1 aromatic rings. The van der Waals surface area contributed by atoms with Crippen LogP contribution in [0.2, 0.25) is 0 Å². The van der Waals surface area contributed by atoms with Gasteiger partial charge in [-0.15, -0.1) is 11.3 Å². The number of hydrogen-bond donors (Lipinski definition) is 1. The fourth-order valence-corrected chi connectivity index (χ4v) is 2.57. The van der Waals surface area contributed by atoms with E-state index < -0.39 is 12.1 Å². The minimum Gasteiger partial charge on any atom is -0.478 e. The van der Waals surface area contributed by atoms with Crippen LogP contribution in [0.15, 0.2) is 5.38 Å². The molecule has 17 heavy (non-hydrogen) atoms. The molecule has 0 atom stereocenters. The average molecular weight is 257 g/mol. The van der Waals surface area contributed by atoms with Crippen LogP contribution in [0.5, 0.6) is 0 Å². The maximum absolute atomic E-state index is 11.7.